The van der Waals surface area contributed by atoms with Gasteiger partial charge in [0.25, 0.3) is 0 Å². The van der Waals surface area contributed by atoms with Gasteiger partial charge in [-0.2, -0.15) is 0 Å². The van der Waals surface area contributed by atoms with Crippen LogP contribution in [0.5, 0.6) is 0 Å². The summed E-state index contributed by atoms with van der Waals surface area (Å²) < 4.78 is 0. The van der Waals surface area contributed by atoms with Gasteiger partial charge in [-0.1, -0.05) is 0 Å². The van der Waals surface area contributed by atoms with E-state index < -0.39 is 5.97 Å². The fourth-order valence-corrected chi connectivity index (χ4v) is 1.75. The van der Waals surface area contributed by atoms with Crippen molar-refractivity contribution in [3.05, 3.63) is 29.6 Å². The first kappa shape index (κ1) is 9.15. The van der Waals surface area contributed by atoms with Crippen molar-refractivity contribution in [2.75, 3.05) is 6.54 Å². The summed E-state index contributed by atoms with van der Waals surface area (Å²) in [6, 6.07) is 3.82. The van der Waals surface area contributed by atoms with Crippen molar-refractivity contribution in [3.8, 4) is 0 Å². The molecule has 1 aliphatic heterocycles. The smallest absolute Gasteiger partial charge is 0.354 e. The molecule has 1 aromatic rings. The lowest BCUT2D eigenvalue weighted by atomic mass is 10.1. The van der Waals surface area contributed by atoms with Gasteiger partial charge in [0, 0.05) is 12.2 Å². The maximum absolute atomic E-state index is 10.7. The number of hydrogen-bond donors (Lipinski definition) is 2. The van der Waals surface area contributed by atoms with E-state index in [0.29, 0.717) is 6.04 Å². The summed E-state index contributed by atoms with van der Waals surface area (Å²) in [5.41, 5.74) is 1.14. The number of nitrogens with one attached hydrogen (secondary N) is 1. The molecule has 1 atom stereocenters. The third-order valence-corrected chi connectivity index (χ3v) is 2.47. The standard InChI is InChI=1S/C10H12N2O2/c13-10(14)9-6-7(3-5-12-9)8-2-1-4-11-8/h3,5-6,8,11H,1-2,4H2,(H,13,14)/t8-/m1/s1. The third-order valence-electron chi connectivity index (χ3n) is 2.47. The zero-order valence-corrected chi connectivity index (χ0v) is 7.73. The fraction of sp³-hybridized carbons (Fsp3) is 0.400. The molecule has 0 radical (unpaired) electrons. The number of aromatic nitrogens is 1. The van der Waals surface area contributed by atoms with E-state index in [2.05, 4.69) is 10.3 Å². The maximum atomic E-state index is 10.7. The van der Waals surface area contributed by atoms with E-state index in [4.69, 9.17) is 5.11 Å². The highest BCUT2D eigenvalue weighted by atomic mass is 16.4. The molecule has 14 heavy (non-hydrogen) atoms. The number of nitrogens with zero attached hydrogens (tertiary/aromatic N) is 1. The summed E-state index contributed by atoms with van der Waals surface area (Å²) in [6.07, 6.45) is 3.78. The number of carbonyl (C=O) groups is 1. The molecule has 0 bridgehead atoms. The molecule has 74 valence electrons. The zero-order chi connectivity index (χ0) is 9.97. The average molecular weight is 192 g/mol. The van der Waals surface area contributed by atoms with Crippen LogP contribution >= 0.6 is 0 Å². The molecule has 1 fully saturated rings. The summed E-state index contributed by atoms with van der Waals surface area (Å²) in [4.78, 5) is 14.5. The first-order valence-corrected chi connectivity index (χ1v) is 4.70. The Morgan fingerprint density at radius 1 is 1.64 bits per heavy atom. The lowest BCUT2D eigenvalue weighted by Gasteiger charge is -2.10. The Morgan fingerprint density at radius 3 is 3.14 bits per heavy atom. The van der Waals surface area contributed by atoms with Crippen molar-refractivity contribution in [2.45, 2.75) is 18.9 Å². The van der Waals surface area contributed by atoms with Crippen LogP contribution < -0.4 is 5.32 Å². The van der Waals surface area contributed by atoms with Gasteiger partial charge in [-0.25, -0.2) is 9.78 Å². The van der Waals surface area contributed by atoms with Gasteiger partial charge in [-0.15, -0.1) is 0 Å². The van der Waals surface area contributed by atoms with E-state index in [1.807, 2.05) is 6.07 Å². The van der Waals surface area contributed by atoms with Crippen LogP contribution in [-0.2, 0) is 0 Å². The summed E-state index contributed by atoms with van der Waals surface area (Å²) in [6.45, 7) is 1.01. The normalized spacial score (nSPS) is 21.0. The molecule has 1 aliphatic rings. The first-order chi connectivity index (χ1) is 6.77. The molecule has 0 aliphatic carbocycles. The van der Waals surface area contributed by atoms with Crippen molar-refractivity contribution in [1.29, 1.82) is 0 Å². The molecule has 0 spiro atoms. The minimum atomic E-state index is -0.968. The number of rotatable bonds is 2. The second-order valence-electron chi connectivity index (χ2n) is 3.43. The number of carboxylic acid groups (broad SMARTS) is 1. The second kappa shape index (κ2) is 3.75. The molecule has 0 unspecified atom stereocenters. The molecule has 1 saturated heterocycles. The summed E-state index contributed by atoms with van der Waals surface area (Å²) in [5, 5.41) is 12.1. The number of hydrogen-bond acceptors (Lipinski definition) is 3. The van der Waals surface area contributed by atoms with Crippen molar-refractivity contribution in [3.63, 3.8) is 0 Å². The Hall–Kier alpha value is -1.42. The molecule has 2 heterocycles. The topological polar surface area (TPSA) is 62.2 Å². The van der Waals surface area contributed by atoms with E-state index in [1.54, 1.807) is 12.3 Å². The quantitative estimate of drug-likeness (QED) is 0.739. The van der Waals surface area contributed by atoms with Gasteiger partial charge in [0.2, 0.25) is 0 Å². The first-order valence-electron chi connectivity index (χ1n) is 4.70. The average Bonchev–Trinajstić information content (AvgIpc) is 2.71. The number of carboxylic acids is 1. The lowest BCUT2D eigenvalue weighted by Crippen LogP contribution is -2.13. The maximum Gasteiger partial charge on any atom is 0.354 e. The van der Waals surface area contributed by atoms with Crippen LogP contribution in [0.15, 0.2) is 18.3 Å². The van der Waals surface area contributed by atoms with Crippen LogP contribution in [0.25, 0.3) is 0 Å². The molecule has 0 saturated carbocycles. The number of pyridine rings is 1. The Balaban J connectivity index is 2.25. The summed E-state index contributed by atoms with van der Waals surface area (Å²) in [5.74, 6) is -0.968. The SMILES string of the molecule is O=C(O)c1cc([C@H]2CCCN2)ccn1. The van der Waals surface area contributed by atoms with E-state index in [0.717, 1.165) is 24.9 Å². The van der Waals surface area contributed by atoms with E-state index in [1.165, 1.54) is 0 Å². The third kappa shape index (κ3) is 1.75. The highest BCUT2D eigenvalue weighted by Crippen LogP contribution is 2.22. The van der Waals surface area contributed by atoms with Gasteiger partial charge < -0.3 is 10.4 Å². The van der Waals surface area contributed by atoms with Crippen molar-refractivity contribution < 1.29 is 9.90 Å². The highest BCUT2D eigenvalue weighted by molar-refractivity contribution is 5.85. The Kier molecular flexibility index (Phi) is 2.45. The van der Waals surface area contributed by atoms with Gasteiger partial charge in [-0.3, -0.25) is 0 Å². The minimum Gasteiger partial charge on any atom is -0.477 e. The van der Waals surface area contributed by atoms with E-state index in [-0.39, 0.29) is 5.69 Å². The predicted molar refractivity (Wildman–Crippen MR) is 51.2 cm³/mol. The molecule has 1 aromatic heterocycles. The van der Waals surface area contributed by atoms with Crippen LogP contribution in [0.4, 0.5) is 0 Å². The summed E-state index contributed by atoms with van der Waals surface area (Å²) >= 11 is 0. The largest absolute Gasteiger partial charge is 0.477 e. The van der Waals surface area contributed by atoms with Gasteiger partial charge in [0.1, 0.15) is 5.69 Å². The highest BCUT2D eigenvalue weighted by Gasteiger charge is 2.17. The van der Waals surface area contributed by atoms with Crippen molar-refractivity contribution in [2.24, 2.45) is 0 Å². The van der Waals surface area contributed by atoms with Gasteiger partial charge >= 0.3 is 5.97 Å². The monoisotopic (exact) mass is 192 g/mol. The van der Waals surface area contributed by atoms with Crippen LogP contribution in [0.1, 0.15) is 34.9 Å². The van der Waals surface area contributed by atoms with Crippen LogP contribution in [0.2, 0.25) is 0 Å². The van der Waals surface area contributed by atoms with Crippen LogP contribution in [-0.4, -0.2) is 22.6 Å². The molecule has 0 aromatic carbocycles. The van der Waals surface area contributed by atoms with Crippen molar-refractivity contribution in [1.82, 2.24) is 10.3 Å². The summed E-state index contributed by atoms with van der Waals surface area (Å²) in [7, 11) is 0. The lowest BCUT2D eigenvalue weighted by molar-refractivity contribution is 0.0690. The molecule has 4 heteroatoms. The van der Waals surface area contributed by atoms with Gasteiger partial charge in [-0.05, 0) is 37.1 Å². The predicted octanol–water partition coefficient (Wildman–Crippen LogP) is 1.20. The molecular formula is C10H12N2O2. The van der Waals surface area contributed by atoms with Gasteiger partial charge in [0.15, 0.2) is 0 Å². The Bertz CT molecular complexity index is 346. The molecule has 2 rings (SSSR count). The van der Waals surface area contributed by atoms with E-state index in [9.17, 15) is 4.79 Å². The van der Waals surface area contributed by atoms with Gasteiger partial charge in [0.05, 0.1) is 0 Å². The van der Waals surface area contributed by atoms with Crippen molar-refractivity contribution >= 4 is 5.97 Å². The molecule has 0 amide bonds. The Morgan fingerprint density at radius 2 is 2.50 bits per heavy atom. The van der Waals surface area contributed by atoms with Crippen LogP contribution in [0.3, 0.4) is 0 Å². The molecular weight excluding hydrogens is 180 g/mol. The Labute approximate surface area is 82.0 Å². The zero-order valence-electron chi connectivity index (χ0n) is 7.73. The number of aromatic carboxylic acids is 1. The van der Waals surface area contributed by atoms with E-state index >= 15 is 0 Å². The minimum absolute atomic E-state index is 0.121. The van der Waals surface area contributed by atoms with Crippen LogP contribution in [0, 0.1) is 0 Å². The second-order valence-corrected chi connectivity index (χ2v) is 3.43. The molecule has 2 N–H and O–H groups in total. The molecule has 4 nitrogen and oxygen atoms in total. The fourth-order valence-electron chi connectivity index (χ4n) is 1.75.